The molecular formula is C23H25ClN2O4. The number of carbonyl (C=O) groups excluding carboxylic acids is 3. The van der Waals surface area contributed by atoms with Gasteiger partial charge in [0, 0.05) is 23.7 Å². The number of piperidine rings is 1. The Hall–Kier alpha value is -2.86. The van der Waals surface area contributed by atoms with Crippen LogP contribution in [0.15, 0.2) is 54.6 Å². The minimum Gasteiger partial charge on any atom is -0.454 e. The van der Waals surface area contributed by atoms with Crippen molar-refractivity contribution in [2.45, 2.75) is 19.3 Å². The fourth-order valence-electron chi connectivity index (χ4n) is 3.47. The van der Waals surface area contributed by atoms with Crippen molar-refractivity contribution in [1.29, 1.82) is 0 Å². The lowest BCUT2D eigenvalue weighted by atomic mass is 9.90. The Morgan fingerprint density at radius 3 is 2.33 bits per heavy atom. The zero-order chi connectivity index (χ0) is 21.3. The number of halogens is 1. The van der Waals surface area contributed by atoms with Gasteiger partial charge in [-0.25, -0.2) is 0 Å². The summed E-state index contributed by atoms with van der Waals surface area (Å²) in [5.74, 6) is -0.701. The van der Waals surface area contributed by atoms with Crippen molar-refractivity contribution in [2.75, 3.05) is 26.2 Å². The molecule has 1 aliphatic heterocycles. The van der Waals surface area contributed by atoms with E-state index >= 15 is 0 Å². The van der Waals surface area contributed by atoms with E-state index in [2.05, 4.69) is 17.4 Å². The van der Waals surface area contributed by atoms with Gasteiger partial charge in [0.25, 0.3) is 11.8 Å². The number of hydrogen-bond acceptors (Lipinski definition) is 4. The van der Waals surface area contributed by atoms with Crippen molar-refractivity contribution >= 4 is 29.4 Å². The van der Waals surface area contributed by atoms with E-state index in [1.807, 2.05) is 18.2 Å². The Bertz CT molecular complexity index is 863. The van der Waals surface area contributed by atoms with Gasteiger partial charge in [-0.3, -0.25) is 14.4 Å². The van der Waals surface area contributed by atoms with Gasteiger partial charge in [-0.15, -0.1) is 0 Å². The SMILES string of the molecule is O=C(CNC(=O)c1ccc(Cl)cc1)OCC(=O)N1CCC(Cc2ccccc2)CC1. The Kier molecular flexibility index (Phi) is 7.85. The number of hydrogen-bond donors (Lipinski definition) is 1. The van der Waals surface area contributed by atoms with E-state index in [0.29, 0.717) is 29.6 Å². The van der Waals surface area contributed by atoms with Crippen LogP contribution in [0.2, 0.25) is 5.02 Å². The second-order valence-corrected chi connectivity index (χ2v) is 7.80. The Labute approximate surface area is 181 Å². The third-order valence-corrected chi connectivity index (χ3v) is 5.44. The van der Waals surface area contributed by atoms with Gasteiger partial charge in [0.2, 0.25) is 0 Å². The van der Waals surface area contributed by atoms with Crippen LogP contribution in [0.5, 0.6) is 0 Å². The number of esters is 1. The predicted octanol–water partition coefficient (Wildman–Crippen LogP) is 3.09. The first-order chi connectivity index (χ1) is 14.5. The van der Waals surface area contributed by atoms with E-state index in [0.717, 1.165) is 19.3 Å². The zero-order valence-electron chi connectivity index (χ0n) is 16.7. The molecule has 1 saturated heterocycles. The fraction of sp³-hybridized carbons (Fsp3) is 0.348. The topological polar surface area (TPSA) is 75.7 Å². The van der Waals surface area contributed by atoms with Gasteiger partial charge < -0.3 is 15.0 Å². The smallest absolute Gasteiger partial charge is 0.325 e. The normalized spacial score (nSPS) is 14.2. The lowest BCUT2D eigenvalue weighted by Crippen LogP contribution is -2.41. The van der Waals surface area contributed by atoms with Gasteiger partial charge >= 0.3 is 5.97 Å². The lowest BCUT2D eigenvalue weighted by molar-refractivity contribution is -0.151. The summed E-state index contributed by atoms with van der Waals surface area (Å²) in [7, 11) is 0. The Morgan fingerprint density at radius 1 is 1.00 bits per heavy atom. The quantitative estimate of drug-likeness (QED) is 0.687. The van der Waals surface area contributed by atoms with Crippen molar-refractivity contribution in [2.24, 2.45) is 5.92 Å². The number of likely N-dealkylation sites (tertiary alicyclic amines) is 1. The zero-order valence-corrected chi connectivity index (χ0v) is 17.4. The first-order valence-electron chi connectivity index (χ1n) is 10.0. The Balaban J connectivity index is 1.33. The van der Waals surface area contributed by atoms with E-state index in [-0.39, 0.29) is 19.1 Å². The average Bonchev–Trinajstić information content (AvgIpc) is 2.77. The number of rotatable bonds is 7. The van der Waals surface area contributed by atoms with Crippen LogP contribution in [0.4, 0.5) is 0 Å². The molecule has 158 valence electrons. The molecular weight excluding hydrogens is 404 g/mol. The van der Waals surface area contributed by atoms with Crippen LogP contribution in [0, 0.1) is 5.92 Å². The number of nitrogens with zero attached hydrogens (tertiary/aromatic N) is 1. The maximum absolute atomic E-state index is 12.3. The molecule has 1 heterocycles. The largest absolute Gasteiger partial charge is 0.454 e. The molecule has 0 spiro atoms. The van der Waals surface area contributed by atoms with Gasteiger partial charge in [0.15, 0.2) is 6.61 Å². The van der Waals surface area contributed by atoms with Crippen LogP contribution in [0.1, 0.15) is 28.8 Å². The van der Waals surface area contributed by atoms with E-state index in [1.54, 1.807) is 29.2 Å². The van der Waals surface area contributed by atoms with Crippen molar-refractivity contribution < 1.29 is 19.1 Å². The first-order valence-corrected chi connectivity index (χ1v) is 10.4. The van der Waals surface area contributed by atoms with Crippen LogP contribution < -0.4 is 5.32 Å². The molecule has 2 amide bonds. The molecule has 0 bridgehead atoms. The molecule has 0 radical (unpaired) electrons. The minimum atomic E-state index is -0.648. The van der Waals surface area contributed by atoms with Gasteiger partial charge in [0.1, 0.15) is 6.54 Å². The highest BCUT2D eigenvalue weighted by Gasteiger charge is 2.23. The summed E-state index contributed by atoms with van der Waals surface area (Å²) in [5.41, 5.74) is 1.71. The highest BCUT2D eigenvalue weighted by atomic mass is 35.5. The monoisotopic (exact) mass is 428 g/mol. The van der Waals surface area contributed by atoms with E-state index in [1.165, 1.54) is 5.56 Å². The average molecular weight is 429 g/mol. The molecule has 7 heteroatoms. The molecule has 6 nitrogen and oxygen atoms in total. The van der Waals surface area contributed by atoms with Gasteiger partial charge in [-0.2, -0.15) is 0 Å². The van der Waals surface area contributed by atoms with Crippen LogP contribution in [-0.2, 0) is 20.7 Å². The third kappa shape index (κ3) is 6.59. The summed E-state index contributed by atoms with van der Waals surface area (Å²) in [6, 6.07) is 16.7. The third-order valence-electron chi connectivity index (χ3n) is 5.19. The highest BCUT2D eigenvalue weighted by molar-refractivity contribution is 6.30. The van der Waals surface area contributed by atoms with Crippen LogP contribution in [0.25, 0.3) is 0 Å². The highest BCUT2D eigenvalue weighted by Crippen LogP contribution is 2.21. The maximum Gasteiger partial charge on any atom is 0.325 e. The minimum absolute atomic E-state index is 0.203. The molecule has 0 unspecified atom stereocenters. The van der Waals surface area contributed by atoms with E-state index < -0.39 is 11.9 Å². The number of ether oxygens (including phenoxy) is 1. The number of benzene rings is 2. The Morgan fingerprint density at radius 2 is 1.67 bits per heavy atom. The van der Waals surface area contributed by atoms with Crippen LogP contribution >= 0.6 is 11.6 Å². The van der Waals surface area contributed by atoms with Crippen molar-refractivity contribution in [3.05, 3.63) is 70.7 Å². The number of carbonyl (C=O) groups is 3. The number of amides is 2. The van der Waals surface area contributed by atoms with Crippen molar-refractivity contribution in [3.8, 4) is 0 Å². The molecule has 2 aromatic carbocycles. The molecule has 30 heavy (non-hydrogen) atoms. The summed E-state index contributed by atoms with van der Waals surface area (Å²) in [6.07, 6.45) is 2.89. The standard InChI is InChI=1S/C23H25ClN2O4/c24-20-8-6-19(7-9-20)23(29)25-15-22(28)30-16-21(27)26-12-10-18(11-13-26)14-17-4-2-1-3-5-17/h1-9,18H,10-16H2,(H,25,29). The van der Waals surface area contributed by atoms with E-state index in [9.17, 15) is 14.4 Å². The second-order valence-electron chi connectivity index (χ2n) is 7.36. The summed E-state index contributed by atoms with van der Waals surface area (Å²) in [4.78, 5) is 37.9. The molecule has 0 atom stereocenters. The summed E-state index contributed by atoms with van der Waals surface area (Å²) in [5, 5.41) is 2.99. The predicted molar refractivity (Wildman–Crippen MR) is 114 cm³/mol. The molecule has 1 N–H and O–H groups in total. The summed E-state index contributed by atoms with van der Waals surface area (Å²) in [6.45, 7) is 0.731. The van der Waals surface area contributed by atoms with Crippen LogP contribution in [-0.4, -0.2) is 48.9 Å². The molecule has 2 aromatic rings. The molecule has 0 aliphatic carbocycles. The van der Waals surface area contributed by atoms with E-state index in [4.69, 9.17) is 16.3 Å². The molecule has 1 aliphatic rings. The summed E-state index contributed by atoms with van der Waals surface area (Å²) < 4.78 is 5.02. The van der Waals surface area contributed by atoms with Crippen LogP contribution in [0.3, 0.4) is 0 Å². The molecule has 1 fully saturated rings. The lowest BCUT2D eigenvalue weighted by Gasteiger charge is -2.32. The fourth-order valence-corrected chi connectivity index (χ4v) is 3.60. The van der Waals surface area contributed by atoms with Crippen molar-refractivity contribution in [1.82, 2.24) is 10.2 Å². The molecule has 0 saturated carbocycles. The van der Waals surface area contributed by atoms with Crippen molar-refractivity contribution in [3.63, 3.8) is 0 Å². The molecule has 3 rings (SSSR count). The second kappa shape index (κ2) is 10.8. The molecule has 0 aromatic heterocycles. The summed E-state index contributed by atoms with van der Waals surface area (Å²) >= 11 is 5.78. The maximum atomic E-state index is 12.3. The number of nitrogens with one attached hydrogen (secondary N) is 1. The van der Waals surface area contributed by atoms with Gasteiger partial charge in [-0.05, 0) is 55.0 Å². The van der Waals surface area contributed by atoms with Gasteiger partial charge in [-0.1, -0.05) is 41.9 Å². The first kappa shape index (κ1) is 21.8. The van der Waals surface area contributed by atoms with Gasteiger partial charge in [0.05, 0.1) is 0 Å².